The maximum absolute atomic E-state index is 12.4. The van der Waals surface area contributed by atoms with Crippen LogP contribution in [0.15, 0.2) is 18.7 Å². The van der Waals surface area contributed by atoms with Crippen LogP contribution in [0.25, 0.3) is 0 Å². The molecule has 7 heteroatoms. The molecule has 0 saturated carbocycles. The van der Waals surface area contributed by atoms with Gasteiger partial charge in [0.25, 0.3) is 0 Å². The smallest absolute Gasteiger partial charge is 0.243 e. The number of imidazole rings is 1. The molecule has 1 N–H and O–H groups in total. The summed E-state index contributed by atoms with van der Waals surface area (Å²) in [5, 5.41) is 2.92. The van der Waals surface area contributed by atoms with Crippen LogP contribution in [0.1, 0.15) is 27.2 Å². The van der Waals surface area contributed by atoms with Gasteiger partial charge in [-0.15, -0.1) is 11.8 Å². The molecule has 2 rings (SSSR count). The molecule has 0 spiro atoms. The van der Waals surface area contributed by atoms with E-state index in [1.807, 2.05) is 31.5 Å². The highest BCUT2D eigenvalue weighted by molar-refractivity contribution is 7.99. The van der Waals surface area contributed by atoms with E-state index in [0.717, 1.165) is 0 Å². The van der Waals surface area contributed by atoms with Gasteiger partial charge in [-0.2, -0.15) is 0 Å². The van der Waals surface area contributed by atoms with Gasteiger partial charge in [0.15, 0.2) is 0 Å². The summed E-state index contributed by atoms with van der Waals surface area (Å²) in [6.45, 7) is 7.33. The Kier molecular flexibility index (Phi) is 5.50. The molecular weight excluding hydrogens is 300 g/mol. The topological polar surface area (TPSA) is 67.2 Å². The van der Waals surface area contributed by atoms with Crippen LogP contribution in [-0.2, 0) is 16.1 Å². The summed E-state index contributed by atoms with van der Waals surface area (Å²) < 4.78 is 1.91. The Balaban J connectivity index is 1.84. The number of hydrogen-bond acceptors (Lipinski definition) is 4. The first-order valence-electron chi connectivity index (χ1n) is 7.47. The van der Waals surface area contributed by atoms with Gasteiger partial charge in [-0.3, -0.25) is 9.59 Å². The van der Waals surface area contributed by atoms with Crippen molar-refractivity contribution in [3.05, 3.63) is 18.7 Å². The van der Waals surface area contributed by atoms with Crippen LogP contribution in [0.2, 0.25) is 0 Å². The minimum Gasteiger partial charge on any atom is -0.352 e. The van der Waals surface area contributed by atoms with E-state index in [4.69, 9.17) is 0 Å². The molecule has 6 nitrogen and oxygen atoms in total. The highest BCUT2D eigenvalue weighted by atomic mass is 32.2. The maximum atomic E-state index is 12.4. The van der Waals surface area contributed by atoms with Crippen LogP contribution >= 0.6 is 11.8 Å². The molecular formula is C15H24N4O2S. The number of nitrogens with zero attached hydrogens (tertiary/aromatic N) is 3. The molecule has 0 bridgehead atoms. The van der Waals surface area contributed by atoms with E-state index in [-0.39, 0.29) is 23.3 Å². The van der Waals surface area contributed by atoms with E-state index in [2.05, 4.69) is 10.3 Å². The van der Waals surface area contributed by atoms with Crippen LogP contribution in [0.4, 0.5) is 0 Å². The van der Waals surface area contributed by atoms with E-state index >= 15 is 0 Å². The third-order valence-electron chi connectivity index (χ3n) is 3.42. The van der Waals surface area contributed by atoms with Crippen LogP contribution in [-0.4, -0.2) is 50.5 Å². The predicted octanol–water partition coefficient (Wildman–Crippen LogP) is 1.34. The molecule has 1 aliphatic rings. The average molecular weight is 324 g/mol. The highest BCUT2D eigenvalue weighted by Gasteiger charge is 2.35. The summed E-state index contributed by atoms with van der Waals surface area (Å²) >= 11 is 1.63. The summed E-state index contributed by atoms with van der Waals surface area (Å²) in [4.78, 5) is 30.3. The van der Waals surface area contributed by atoms with Crippen molar-refractivity contribution >= 4 is 23.6 Å². The first kappa shape index (κ1) is 16.9. The van der Waals surface area contributed by atoms with Crippen molar-refractivity contribution in [2.45, 2.75) is 39.8 Å². The van der Waals surface area contributed by atoms with E-state index in [1.54, 1.807) is 29.2 Å². The van der Waals surface area contributed by atoms with Crippen LogP contribution in [0.3, 0.4) is 0 Å². The normalized spacial score (nSPS) is 18.5. The standard InChI is InChI=1S/C15H24N4O2S/c1-15(2,3)8-13(20)19-11-22-9-12(19)14(21)17-5-7-18-6-4-16-10-18/h4,6,10,12H,5,7-9,11H2,1-3H3,(H,17,21)/t12-/m1/s1. The largest absolute Gasteiger partial charge is 0.352 e. The molecule has 2 heterocycles. The lowest BCUT2D eigenvalue weighted by Gasteiger charge is -2.26. The molecule has 0 aliphatic carbocycles. The zero-order valence-corrected chi connectivity index (χ0v) is 14.2. The maximum Gasteiger partial charge on any atom is 0.243 e. The lowest BCUT2D eigenvalue weighted by Crippen LogP contribution is -2.48. The molecule has 1 aliphatic heterocycles. The van der Waals surface area contributed by atoms with Gasteiger partial charge in [0.1, 0.15) is 6.04 Å². The average Bonchev–Trinajstić information content (AvgIpc) is 3.07. The fourth-order valence-corrected chi connectivity index (χ4v) is 3.49. The van der Waals surface area contributed by atoms with Gasteiger partial charge >= 0.3 is 0 Å². The molecule has 1 aromatic rings. The number of carbonyl (C=O) groups is 2. The summed E-state index contributed by atoms with van der Waals surface area (Å²) in [5.74, 6) is 1.28. The SMILES string of the molecule is CC(C)(C)CC(=O)N1CSC[C@@H]1C(=O)NCCn1ccnc1. The fourth-order valence-electron chi connectivity index (χ4n) is 2.31. The fraction of sp³-hybridized carbons (Fsp3) is 0.667. The number of rotatable bonds is 5. The molecule has 22 heavy (non-hydrogen) atoms. The Hall–Kier alpha value is -1.50. The molecule has 0 radical (unpaired) electrons. The Bertz CT molecular complexity index is 510. The van der Waals surface area contributed by atoms with E-state index < -0.39 is 0 Å². The van der Waals surface area contributed by atoms with E-state index in [0.29, 0.717) is 31.1 Å². The molecule has 2 amide bonds. The number of hydrogen-bond donors (Lipinski definition) is 1. The number of nitrogens with one attached hydrogen (secondary N) is 1. The molecule has 0 aromatic carbocycles. The van der Waals surface area contributed by atoms with Crippen molar-refractivity contribution in [2.24, 2.45) is 5.41 Å². The van der Waals surface area contributed by atoms with Crippen molar-refractivity contribution in [3.8, 4) is 0 Å². The summed E-state index contributed by atoms with van der Waals surface area (Å²) in [6.07, 6.45) is 5.75. The number of aromatic nitrogens is 2. The van der Waals surface area contributed by atoms with Crippen LogP contribution < -0.4 is 5.32 Å². The number of thioether (sulfide) groups is 1. The predicted molar refractivity (Wildman–Crippen MR) is 87.3 cm³/mol. The number of carbonyl (C=O) groups excluding carboxylic acids is 2. The Morgan fingerprint density at radius 2 is 2.18 bits per heavy atom. The lowest BCUT2D eigenvalue weighted by molar-refractivity contribution is -0.139. The minimum atomic E-state index is -0.345. The van der Waals surface area contributed by atoms with Gasteiger partial charge in [0, 0.05) is 37.7 Å². The molecule has 0 unspecified atom stereocenters. The van der Waals surface area contributed by atoms with Crippen LogP contribution in [0.5, 0.6) is 0 Å². The first-order valence-corrected chi connectivity index (χ1v) is 8.63. The Labute approximate surface area is 135 Å². The van der Waals surface area contributed by atoms with Crippen molar-refractivity contribution in [1.29, 1.82) is 0 Å². The zero-order chi connectivity index (χ0) is 16.2. The lowest BCUT2D eigenvalue weighted by atomic mass is 9.91. The third-order valence-corrected chi connectivity index (χ3v) is 4.43. The Morgan fingerprint density at radius 3 is 2.82 bits per heavy atom. The van der Waals surface area contributed by atoms with Crippen molar-refractivity contribution in [1.82, 2.24) is 19.8 Å². The summed E-state index contributed by atoms with van der Waals surface area (Å²) in [5.41, 5.74) is -0.0627. The molecule has 1 fully saturated rings. The van der Waals surface area contributed by atoms with Crippen molar-refractivity contribution in [3.63, 3.8) is 0 Å². The summed E-state index contributed by atoms with van der Waals surface area (Å²) in [6, 6.07) is -0.345. The molecule has 122 valence electrons. The molecule has 1 saturated heterocycles. The zero-order valence-electron chi connectivity index (χ0n) is 13.4. The second-order valence-corrected chi connectivity index (χ2v) is 7.71. The Morgan fingerprint density at radius 1 is 1.41 bits per heavy atom. The van der Waals surface area contributed by atoms with Crippen molar-refractivity contribution < 1.29 is 9.59 Å². The monoisotopic (exact) mass is 324 g/mol. The van der Waals surface area contributed by atoms with Gasteiger partial charge in [0.05, 0.1) is 12.2 Å². The van der Waals surface area contributed by atoms with Crippen LogP contribution in [0, 0.1) is 5.41 Å². The molecule has 1 aromatic heterocycles. The van der Waals surface area contributed by atoms with Gasteiger partial charge in [-0.1, -0.05) is 20.8 Å². The second-order valence-electron chi connectivity index (χ2n) is 6.71. The highest BCUT2D eigenvalue weighted by Crippen LogP contribution is 2.26. The van der Waals surface area contributed by atoms with E-state index in [9.17, 15) is 9.59 Å². The van der Waals surface area contributed by atoms with Crippen molar-refractivity contribution in [2.75, 3.05) is 18.2 Å². The first-order chi connectivity index (χ1) is 10.4. The summed E-state index contributed by atoms with van der Waals surface area (Å²) in [7, 11) is 0. The van der Waals surface area contributed by atoms with Gasteiger partial charge in [-0.05, 0) is 5.41 Å². The van der Waals surface area contributed by atoms with Gasteiger partial charge in [-0.25, -0.2) is 4.98 Å². The van der Waals surface area contributed by atoms with Gasteiger partial charge < -0.3 is 14.8 Å². The quantitative estimate of drug-likeness (QED) is 0.887. The van der Waals surface area contributed by atoms with Gasteiger partial charge in [0.2, 0.25) is 11.8 Å². The van der Waals surface area contributed by atoms with E-state index in [1.165, 1.54) is 0 Å². The molecule has 1 atom stereocenters. The minimum absolute atomic E-state index is 0.0623. The third kappa shape index (κ3) is 4.76. The second kappa shape index (κ2) is 7.17. The number of amides is 2.